The number of ketones is 1. The van der Waals surface area contributed by atoms with Crippen LogP contribution in [0.4, 0.5) is 5.69 Å². The van der Waals surface area contributed by atoms with E-state index < -0.39 is 23.5 Å². The second kappa shape index (κ2) is 9.67. The highest BCUT2D eigenvalue weighted by Crippen LogP contribution is 2.44. The molecule has 1 aliphatic rings. The van der Waals surface area contributed by atoms with Crippen molar-refractivity contribution < 1.29 is 19.8 Å². The van der Waals surface area contributed by atoms with E-state index in [4.69, 9.17) is 0 Å². The molecule has 7 heteroatoms. The largest absolute Gasteiger partial charge is 0.508 e. The molecule has 4 aromatic rings. The van der Waals surface area contributed by atoms with Crippen molar-refractivity contribution in [3.05, 3.63) is 112 Å². The van der Waals surface area contributed by atoms with Gasteiger partial charge in [0.1, 0.15) is 10.8 Å². The number of nitrogens with zero attached hydrogens (tertiary/aromatic N) is 2. The van der Waals surface area contributed by atoms with E-state index in [0.29, 0.717) is 32.7 Å². The van der Waals surface area contributed by atoms with Crippen LogP contribution in [0.25, 0.3) is 10.6 Å². The Balaban J connectivity index is 1.62. The molecule has 2 heterocycles. The van der Waals surface area contributed by atoms with E-state index in [1.807, 2.05) is 54.6 Å². The van der Waals surface area contributed by atoms with E-state index in [0.717, 1.165) is 11.1 Å². The van der Waals surface area contributed by atoms with Crippen molar-refractivity contribution >= 4 is 28.7 Å². The van der Waals surface area contributed by atoms with Gasteiger partial charge in [-0.05, 0) is 48.2 Å². The minimum absolute atomic E-state index is 0.00132. The topological polar surface area (TPSA) is 90.7 Å². The third-order valence-corrected chi connectivity index (χ3v) is 7.71. The highest BCUT2D eigenvalue weighted by atomic mass is 32.1. The number of aromatic hydroxyl groups is 1. The lowest BCUT2D eigenvalue weighted by atomic mass is 9.94. The van der Waals surface area contributed by atoms with Gasteiger partial charge in [-0.15, -0.1) is 11.3 Å². The third kappa shape index (κ3) is 4.42. The number of aryl methyl sites for hydroxylation is 1. The molecule has 0 aliphatic carbocycles. The molecule has 1 amide bonds. The Morgan fingerprint density at radius 3 is 2.32 bits per heavy atom. The Morgan fingerprint density at radius 2 is 1.68 bits per heavy atom. The maximum atomic E-state index is 14.0. The van der Waals surface area contributed by atoms with Gasteiger partial charge in [-0.25, -0.2) is 4.98 Å². The maximum Gasteiger partial charge on any atom is 0.294 e. The molecule has 5 rings (SSSR count). The van der Waals surface area contributed by atoms with Gasteiger partial charge in [0.2, 0.25) is 5.78 Å². The van der Waals surface area contributed by atoms with Crippen LogP contribution in [0.3, 0.4) is 0 Å². The van der Waals surface area contributed by atoms with E-state index >= 15 is 0 Å². The lowest BCUT2D eigenvalue weighted by Gasteiger charge is -2.27. The number of thiazole rings is 1. The van der Waals surface area contributed by atoms with Crippen LogP contribution in [0.15, 0.2) is 90.2 Å². The SMILES string of the molecule is Cc1nc(-c2ccccc2)sc1C(=O)C1=C(O)C(=O)N(c2ccc(C(C)C)cc2)C1c1cccc(O)c1. The zero-order valence-electron chi connectivity index (χ0n) is 20.7. The number of phenols is 1. The summed E-state index contributed by atoms with van der Waals surface area (Å²) in [6.45, 7) is 5.91. The molecule has 1 aliphatic heterocycles. The highest BCUT2D eigenvalue weighted by Gasteiger charge is 2.45. The second-order valence-electron chi connectivity index (χ2n) is 9.31. The molecule has 0 bridgehead atoms. The fourth-order valence-corrected chi connectivity index (χ4v) is 5.59. The molecule has 1 aromatic heterocycles. The molecule has 37 heavy (non-hydrogen) atoms. The van der Waals surface area contributed by atoms with Crippen LogP contribution >= 0.6 is 11.3 Å². The van der Waals surface area contributed by atoms with E-state index in [-0.39, 0.29) is 11.3 Å². The number of carbonyl (C=O) groups excluding carboxylic acids is 2. The van der Waals surface area contributed by atoms with Gasteiger partial charge in [0.25, 0.3) is 5.91 Å². The molecule has 0 spiro atoms. The number of carbonyl (C=O) groups is 2. The van der Waals surface area contributed by atoms with Gasteiger partial charge >= 0.3 is 0 Å². The molecule has 1 atom stereocenters. The molecular weight excluding hydrogens is 484 g/mol. The number of aliphatic hydroxyl groups is 1. The lowest BCUT2D eigenvalue weighted by Crippen LogP contribution is -2.31. The minimum Gasteiger partial charge on any atom is -0.508 e. The van der Waals surface area contributed by atoms with Crippen LogP contribution in [0, 0.1) is 6.92 Å². The Bertz CT molecular complexity index is 1520. The third-order valence-electron chi connectivity index (χ3n) is 6.50. The fourth-order valence-electron chi connectivity index (χ4n) is 4.57. The van der Waals surface area contributed by atoms with Crippen molar-refractivity contribution in [2.75, 3.05) is 4.90 Å². The average Bonchev–Trinajstić information content (AvgIpc) is 3.41. The molecule has 186 valence electrons. The number of rotatable bonds is 6. The number of anilines is 1. The zero-order valence-corrected chi connectivity index (χ0v) is 21.5. The molecule has 0 saturated heterocycles. The van der Waals surface area contributed by atoms with E-state index in [1.165, 1.54) is 28.4 Å². The number of hydrogen-bond donors (Lipinski definition) is 2. The number of aromatic nitrogens is 1. The first-order chi connectivity index (χ1) is 17.8. The van der Waals surface area contributed by atoms with E-state index in [2.05, 4.69) is 18.8 Å². The Labute approximate surface area is 219 Å². The number of phenolic OH excluding ortho intramolecular Hbond substituents is 1. The van der Waals surface area contributed by atoms with Gasteiger partial charge in [0.05, 0.1) is 22.2 Å². The monoisotopic (exact) mass is 510 g/mol. The Morgan fingerprint density at radius 1 is 0.973 bits per heavy atom. The predicted molar refractivity (Wildman–Crippen MR) is 145 cm³/mol. The summed E-state index contributed by atoms with van der Waals surface area (Å²) in [5, 5.41) is 22.0. The Kier molecular flexibility index (Phi) is 6.39. The number of Topliss-reactive ketones (excluding diaryl/α,β-unsaturated/α-hetero) is 1. The summed E-state index contributed by atoms with van der Waals surface area (Å²) in [5.41, 5.74) is 3.53. The highest BCUT2D eigenvalue weighted by molar-refractivity contribution is 7.17. The van der Waals surface area contributed by atoms with Crippen molar-refractivity contribution in [1.29, 1.82) is 0 Å². The number of amides is 1. The summed E-state index contributed by atoms with van der Waals surface area (Å²) in [6.07, 6.45) is 0. The number of benzene rings is 3. The van der Waals surface area contributed by atoms with Crippen LogP contribution in [0.1, 0.15) is 52.3 Å². The quantitative estimate of drug-likeness (QED) is 0.281. The summed E-state index contributed by atoms with van der Waals surface area (Å²) in [7, 11) is 0. The molecule has 3 aromatic carbocycles. The lowest BCUT2D eigenvalue weighted by molar-refractivity contribution is -0.117. The molecule has 0 radical (unpaired) electrons. The molecule has 2 N–H and O–H groups in total. The van der Waals surface area contributed by atoms with Crippen molar-refractivity contribution in [1.82, 2.24) is 4.98 Å². The summed E-state index contributed by atoms with van der Waals surface area (Å²) in [4.78, 5) is 33.8. The molecule has 6 nitrogen and oxygen atoms in total. The average molecular weight is 511 g/mol. The first-order valence-corrected chi connectivity index (χ1v) is 12.8. The molecule has 1 unspecified atom stereocenters. The normalized spacial score (nSPS) is 15.6. The fraction of sp³-hybridized carbons (Fsp3) is 0.167. The van der Waals surface area contributed by atoms with Crippen LogP contribution in [0.2, 0.25) is 0 Å². The Hall–Kier alpha value is -4.23. The van der Waals surface area contributed by atoms with Gasteiger partial charge in [0.15, 0.2) is 5.76 Å². The summed E-state index contributed by atoms with van der Waals surface area (Å²) in [6, 6.07) is 22.5. The van der Waals surface area contributed by atoms with Crippen molar-refractivity contribution in [3.8, 4) is 16.3 Å². The van der Waals surface area contributed by atoms with E-state index in [9.17, 15) is 19.8 Å². The number of aliphatic hydroxyl groups excluding tert-OH is 1. The second-order valence-corrected chi connectivity index (χ2v) is 10.3. The van der Waals surface area contributed by atoms with Crippen LogP contribution in [-0.4, -0.2) is 26.9 Å². The number of hydrogen-bond acceptors (Lipinski definition) is 6. The van der Waals surface area contributed by atoms with Gasteiger partial charge in [-0.3, -0.25) is 14.5 Å². The van der Waals surface area contributed by atoms with Crippen molar-refractivity contribution in [3.63, 3.8) is 0 Å². The summed E-state index contributed by atoms with van der Waals surface area (Å²) < 4.78 is 0. The summed E-state index contributed by atoms with van der Waals surface area (Å²) >= 11 is 1.23. The van der Waals surface area contributed by atoms with Crippen molar-refractivity contribution in [2.45, 2.75) is 32.7 Å². The smallest absolute Gasteiger partial charge is 0.294 e. The van der Waals surface area contributed by atoms with Crippen LogP contribution in [-0.2, 0) is 4.79 Å². The zero-order chi connectivity index (χ0) is 26.3. The molecule has 0 fully saturated rings. The maximum absolute atomic E-state index is 14.0. The van der Waals surface area contributed by atoms with Crippen LogP contribution < -0.4 is 4.90 Å². The van der Waals surface area contributed by atoms with Gasteiger partial charge in [-0.1, -0.05) is 68.4 Å². The van der Waals surface area contributed by atoms with E-state index in [1.54, 1.807) is 19.1 Å². The first-order valence-electron chi connectivity index (χ1n) is 12.0. The molecular formula is C30H26N2O4S. The van der Waals surface area contributed by atoms with Gasteiger partial charge in [0, 0.05) is 11.3 Å². The van der Waals surface area contributed by atoms with Crippen molar-refractivity contribution in [2.24, 2.45) is 0 Å². The predicted octanol–water partition coefficient (Wildman–Crippen LogP) is 6.73. The van der Waals surface area contributed by atoms with Gasteiger partial charge < -0.3 is 10.2 Å². The summed E-state index contributed by atoms with van der Waals surface area (Å²) in [5.74, 6) is -1.42. The first kappa shape index (κ1) is 24.5. The van der Waals surface area contributed by atoms with Crippen LogP contribution in [0.5, 0.6) is 5.75 Å². The standard InChI is InChI=1S/C30H26N2O4S/c1-17(2)19-12-14-22(15-13-19)32-25(21-10-7-11-23(33)16-21)24(27(35)30(32)36)26(34)28-18(3)31-29(37-28)20-8-5-4-6-9-20/h4-17,25,33,35H,1-3H3. The van der Waals surface area contributed by atoms with Gasteiger partial charge in [-0.2, -0.15) is 0 Å². The molecule has 0 saturated carbocycles. The minimum atomic E-state index is -0.918.